The number of aromatic nitrogens is 2. The summed E-state index contributed by atoms with van der Waals surface area (Å²) in [5.74, 6) is 1.84. The molecule has 1 aromatic carbocycles. The third-order valence-electron chi connectivity index (χ3n) is 3.23. The summed E-state index contributed by atoms with van der Waals surface area (Å²) in [6.45, 7) is 5.38. The minimum Gasteiger partial charge on any atom is -0.494 e. The van der Waals surface area contributed by atoms with E-state index in [2.05, 4.69) is 18.8 Å². The van der Waals surface area contributed by atoms with E-state index in [1.165, 1.54) is 0 Å². The molecule has 1 aromatic heterocycles. The highest BCUT2D eigenvalue weighted by atomic mass is 16.5. The first-order valence-electron chi connectivity index (χ1n) is 7.15. The van der Waals surface area contributed by atoms with Gasteiger partial charge in [-0.1, -0.05) is 26.0 Å². The van der Waals surface area contributed by atoms with Crippen LogP contribution >= 0.6 is 0 Å². The molecule has 0 bridgehead atoms. The standard InChI is InChI=1S/C16H22N2O2/c1-3-11-20-14-7-5-13(6-8-14)15(19)12-18-10-9-17-16(18)4-2/h5-10,15,19H,3-4,11-12H2,1-2H3. The van der Waals surface area contributed by atoms with E-state index in [0.717, 1.165) is 36.6 Å². The fraction of sp³-hybridized carbons (Fsp3) is 0.438. The van der Waals surface area contributed by atoms with Crippen molar-refractivity contribution >= 4 is 0 Å². The maximum atomic E-state index is 10.3. The summed E-state index contributed by atoms with van der Waals surface area (Å²) < 4.78 is 7.53. The van der Waals surface area contributed by atoms with Gasteiger partial charge in [0.05, 0.1) is 19.3 Å². The van der Waals surface area contributed by atoms with Crippen LogP contribution in [0.25, 0.3) is 0 Å². The van der Waals surface area contributed by atoms with Crippen molar-refractivity contribution in [3.63, 3.8) is 0 Å². The van der Waals surface area contributed by atoms with E-state index in [-0.39, 0.29) is 0 Å². The van der Waals surface area contributed by atoms with Crippen LogP contribution in [0.5, 0.6) is 5.75 Å². The second kappa shape index (κ2) is 7.10. The van der Waals surface area contributed by atoms with Crippen LogP contribution < -0.4 is 4.74 Å². The molecule has 0 radical (unpaired) electrons. The Kier molecular flexibility index (Phi) is 5.18. The van der Waals surface area contributed by atoms with E-state index in [1.807, 2.05) is 35.0 Å². The van der Waals surface area contributed by atoms with Gasteiger partial charge in [0.25, 0.3) is 0 Å². The Morgan fingerprint density at radius 2 is 2.00 bits per heavy atom. The highest BCUT2D eigenvalue weighted by molar-refractivity contribution is 5.28. The second-order valence-electron chi connectivity index (χ2n) is 4.78. The molecule has 2 aromatic rings. The largest absolute Gasteiger partial charge is 0.494 e. The Morgan fingerprint density at radius 3 is 2.65 bits per heavy atom. The number of aliphatic hydroxyl groups is 1. The molecule has 1 unspecified atom stereocenters. The SMILES string of the molecule is CCCOc1ccc(C(O)Cn2ccnc2CC)cc1. The summed E-state index contributed by atoms with van der Waals surface area (Å²) in [7, 11) is 0. The average molecular weight is 274 g/mol. The number of hydrogen-bond donors (Lipinski definition) is 1. The third kappa shape index (κ3) is 3.61. The Bertz CT molecular complexity index is 520. The molecule has 0 aliphatic heterocycles. The molecule has 1 heterocycles. The zero-order valence-electron chi connectivity index (χ0n) is 12.1. The number of benzene rings is 1. The van der Waals surface area contributed by atoms with Crippen LogP contribution in [-0.4, -0.2) is 21.3 Å². The monoisotopic (exact) mass is 274 g/mol. The summed E-state index contributed by atoms with van der Waals surface area (Å²) >= 11 is 0. The molecule has 0 saturated heterocycles. The summed E-state index contributed by atoms with van der Waals surface area (Å²) in [5.41, 5.74) is 0.893. The number of aliphatic hydroxyl groups excluding tert-OH is 1. The van der Waals surface area contributed by atoms with Gasteiger partial charge in [0.1, 0.15) is 11.6 Å². The third-order valence-corrected chi connectivity index (χ3v) is 3.23. The van der Waals surface area contributed by atoms with Crippen molar-refractivity contribution in [3.8, 4) is 5.75 Å². The molecular formula is C16H22N2O2. The number of rotatable bonds is 7. The first-order valence-corrected chi connectivity index (χ1v) is 7.15. The lowest BCUT2D eigenvalue weighted by molar-refractivity contribution is 0.155. The van der Waals surface area contributed by atoms with Gasteiger partial charge >= 0.3 is 0 Å². The van der Waals surface area contributed by atoms with E-state index in [0.29, 0.717) is 6.54 Å². The lowest BCUT2D eigenvalue weighted by Gasteiger charge is -2.14. The zero-order valence-corrected chi connectivity index (χ0v) is 12.1. The van der Waals surface area contributed by atoms with Crippen molar-refractivity contribution in [2.45, 2.75) is 39.3 Å². The Morgan fingerprint density at radius 1 is 1.25 bits per heavy atom. The molecule has 4 nitrogen and oxygen atoms in total. The van der Waals surface area contributed by atoms with Gasteiger partial charge < -0.3 is 14.4 Å². The van der Waals surface area contributed by atoms with Crippen LogP contribution in [0.3, 0.4) is 0 Å². The molecule has 1 atom stereocenters. The smallest absolute Gasteiger partial charge is 0.119 e. The van der Waals surface area contributed by atoms with E-state index < -0.39 is 6.10 Å². The fourth-order valence-corrected chi connectivity index (χ4v) is 2.12. The van der Waals surface area contributed by atoms with Crippen LogP contribution in [0, 0.1) is 0 Å². The molecule has 4 heteroatoms. The van der Waals surface area contributed by atoms with E-state index in [9.17, 15) is 5.11 Å². The van der Waals surface area contributed by atoms with Gasteiger partial charge in [0.2, 0.25) is 0 Å². The molecule has 1 N–H and O–H groups in total. The maximum Gasteiger partial charge on any atom is 0.119 e. The average Bonchev–Trinajstić information content (AvgIpc) is 2.92. The summed E-state index contributed by atoms with van der Waals surface area (Å²) in [5, 5.41) is 10.3. The quantitative estimate of drug-likeness (QED) is 0.844. The van der Waals surface area contributed by atoms with Crippen molar-refractivity contribution in [2.24, 2.45) is 0 Å². The molecule has 2 rings (SSSR count). The lowest BCUT2D eigenvalue weighted by Crippen LogP contribution is -2.10. The number of nitrogens with zero attached hydrogens (tertiary/aromatic N) is 2. The summed E-state index contributed by atoms with van der Waals surface area (Å²) in [6, 6.07) is 7.64. The minimum atomic E-state index is -0.533. The lowest BCUT2D eigenvalue weighted by atomic mass is 10.1. The summed E-state index contributed by atoms with van der Waals surface area (Å²) in [4.78, 5) is 4.26. The molecule has 0 fully saturated rings. The number of ether oxygens (including phenoxy) is 1. The van der Waals surface area contributed by atoms with Gasteiger partial charge in [-0.15, -0.1) is 0 Å². The number of imidazole rings is 1. The maximum absolute atomic E-state index is 10.3. The van der Waals surface area contributed by atoms with Crippen molar-refractivity contribution in [1.29, 1.82) is 0 Å². The van der Waals surface area contributed by atoms with Gasteiger partial charge in [0, 0.05) is 18.8 Å². The zero-order chi connectivity index (χ0) is 14.4. The molecule has 20 heavy (non-hydrogen) atoms. The minimum absolute atomic E-state index is 0.526. The molecule has 0 amide bonds. The second-order valence-corrected chi connectivity index (χ2v) is 4.78. The first kappa shape index (κ1) is 14.6. The fourth-order valence-electron chi connectivity index (χ4n) is 2.12. The van der Waals surface area contributed by atoms with Crippen LogP contribution in [0.2, 0.25) is 0 Å². The van der Waals surface area contributed by atoms with E-state index in [4.69, 9.17) is 4.74 Å². The topological polar surface area (TPSA) is 47.3 Å². The Labute approximate surface area is 120 Å². The Balaban J connectivity index is 2.00. The van der Waals surface area contributed by atoms with Gasteiger partial charge in [-0.2, -0.15) is 0 Å². The number of hydrogen-bond acceptors (Lipinski definition) is 3. The highest BCUT2D eigenvalue weighted by Crippen LogP contribution is 2.20. The van der Waals surface area contributed by atoms with Crippen LogP contribution in [0.4, 0.5) is 0 Å². The Hall–Kier alpha value is -1.81. The molecule has 0 spiro atoms. The van der Waals surface area contributed by atoms with Gasteiger partial charge in [-0.05, 0) is 24.1 Å². The van der Waals surface area contributed by atoms with Crippen LogP contribution in [0.1, 0.15) is 37.8 Å². The van der Waals surface area contributed by atoms with Crippen molar-refractivity contribution in [1.82, 2.24) is 9.55 Å². The van der Waals surface area contributed by atoms with Gasteiger partial charge in [-0.3, -0.25) is 0 Å². The number of aryl methyl sites for hydroxylation is 1. The molecule has 108 valence electrons. The molecule has 0 aliphatic carbocycles. The van der Waals surface area contributed by atoms with Crippen LogP contribution in [-0.2, 0) is 13.0 Å². The van der Waals surface area contributed by atoms with E-state index >= 15 is 0 Å². The van der Waals surface area contributed by atoms with Crippen molar-refractivity contribution in [3.05, 3.63) is 48.0 Å². The van der Waals surface area contributed by atoms with Crippen molar-refractivity contribution < 1.29 is 9.84 Å². The predicted molar refractivity (Wildman–Crippen MR) is 78.8 cm³/mol. The van der Waals surface area contributed by atoms with E-state index in [1.54, 1.807) is 6.20 Å². The first-order chi connectivity index (χ1) is 9.74. The van der Waals surface area contributed by atoms with Crippen LogP contribution in [0.15, 0.2) is 36.7 Å². The molecular weight excluding hydrogens is 252 g/mol. The van der Waals surface area contributed by atoms with Crippen molar-refractivity contribution in [2.75, 3.05) is 6.61 Å². The predicted octanol–water partition coefficient (Wildman–Crippen LogP) is 2.97. The van der Waals surface area contributed by atoms with Gasteiger partial charge in [0.15, 0.2) is 0 Å². The highest BCUT2D eigenvalue weighted by Gasteiger charge is 2.10. The summed E-state index contributed by atoms with van der Waals surface area (Å²) in [6.07, 6.45) is 5.00. The molecule has 0 aliphatic rings. The molecule has 0 saturated carbocycles. The van der Waals surface area contributed by atoms with Gasteiger partial charge in [-0.25, -0.2) is 4.98 Å². The normalized spacial score (nSPS) is 12.3.